The highest BCUT2D eigenvalue weighted by molar-refractivity contribution is 7.80. The fraction of sp³-hybridized carbons (Fsp3) is 0.318. The molecule has 29 heavy (non-hydrogen) atoms. The van der Waals surface area contributed by atoms with Crippen molar-refractivity contribution in [3.8, 4) is 5.82 Å². The van der Waals surface area contributed by atoms with Crippen LogP contribution in [-0.2, 0) is 0 Å². The fourth-order valence-corrected chi connectivity index (χ4v) is 4.48. The van der Waals surface area contributed by atoms with E-state index in [0.717, 1.165) is 22.9 Å². The summed E-state index contributed by atoms with van der Waals surface area (Å²) in [5.41, 5.74) is 4.40. The smallest absolute Gasteiger partial charge is 0.170 e. The van der Waals surface area contributed by atoms with Crippen molar-refractivity contribution in [2.24, 2.45) is 0 Å². The Morgan fingerprint density at radius 3 is 2.52 bits per heavy atom. The molecule has 2 unspecified atom stereocenters. The van der Waals surface area contributed by atoms with Gasteiger partial charge in [-0.2, -0.15) is 0 Å². The fourth-order valence-electron chi connectivity index (χ4n) is 4.15. The summed E-state index contributed by atoms with van der Waals surface area (Å²) in [5, 5.41) is 13.5. The topological polar surface area (TPSA) is 66.2 Å². The Bertz CT molecular complexity index is 989. The lowest BCUT2D eigenvalue weighted by atomic mass is 9.96. The number of thiocarbonyl (C=S) groups is 1. The number of aromatic nitrogens is 3. The summed E-state index contributed by atoms with van der Waals surface area (Å²) in [6, 6.07) is 14.0. The van der Waals surface area contributed by atoms with E-state index < -0.39 is 0 Å². The SMILES string of the molecule is Cc1cc(C2C(c3ccccn3)NC(=S)N2CCCO)c(C)n1-c1ccccn1. The molecule has 2 atom stereocenters. The van der Waals surface area contributed by atoms with Gasteiger partial charge in [0, 0.05) is 36.9 Å². The number of pyridine rings is 2. The Labute approximate surface area is 176 Å². The Balaban J connectivity index is 1.81. The van der Waals surface area contributed by atoms with Crippen molar-refractivity contribution < 1.29 is 5.11 Å². The second-order valence-corrected chi connectivity index (χ2v) is 7.63. The number of nitrogens with one attached hydrogen (secondary N) is 1. The molecule has 3 aromatic heterocycles. The van der Waals surface area contributed by atoms with Gasteiger partial charge in [0.25, 0.3) is 0 Å². The van der Waals surface area contributed by atoms with Crippen LogP contribution in [0.2, 0.25) is 0 Å². The minimum Gasteiger partial charge on any atom is -0.396 e. The molecule has 1 aliphatic rings. The summed E-state index contributed by atoms with van der Waals surface area (Å²) in [7, 11) is 0. The second kappa shape index (κ2) is 8.31. The molecule has 7 heteroatoms. The standard InChI is InChI=1S/C22H25N5OS/c1-15-14-17(16(2)27(15)19-9-4-6-11-24-19)21-20(18-8-3-5-10-23-18)25-22(29)26(21)12-7-13-28/h3-6,8-11,14,20-21,28H,7,12-13H2,1-2H3,(H,25,29). The number of hydrogen-bond donors (Lipinski definition) is 2. The first-order valence-electron chi connectivity index (χ1n) is 9.81. The van der Waals surface area contributed by atoms with Crippen LogP contribution in [0.1, 0.15) is 41.1 Å². The highest BCUT2D eigenvalue weighted by Crippen LogP contribution is 2.41. The molecule has 0 spiro atoms. The highest BCUT2D eigenvalue weighted by atomic mass is 32.1. The van der Waals surface area contributed by atoms with Crippen molar-refractivity contribution in [2.75, 3.05) is 13.2 Å². The van der Waals surface area contributed by atoms with Crippen molar-refractivity contribution >= 4 is 17.3 Å². The molecule has 4 rings (SSSR count). The molecular weight excluding hydrogens is 382 g/mol. The van der Waals surface area contributed by atoms with E-state index in [1.54, 1.807) is 0 Å². The molecule has 0 aromatic carbocycles. The van der Waals surface area contributed by atoms with E-state index in [9.17, 15) is 5.11 Å². The maximum absolute atomic E-state index is 9.39. The third kappa shape index (κ3) is 3.63. The van der Waals surface area contributed by atoms with Crippen molar-refractivity contribution in [2.45, 2.75) is 32.4 Å². The van der Waals surface area contributed by atoms with Gasteiger partial charge in [-0.15, -0.1) is 0 Å². The largest absolute Gasteiger partial charge is 0.396 e. The predicted molar refractivity (Wildman–Crippen MR) is 117 cm³/mol. The van der Waals surface area contributed by atoms with Gasteiger partial charge < -0.3 is 19.9 Å². The van der Waals surface area contributed by atoms with E-state index >= 15 is 0 Å². The van der Waals surface area contributed by atoms with Gasteiger partial charge in [0.1, 0.15) is 5.82 Å². The molecule has 150 valence electrons. The van der Waals surface area contributed by atoms with Crippen molar-refractivity contribution in [1.82, 2.24) is 24.8 Å². The van der Waals surface area contributed by atoms with Crippen LogP contribution >= 0.6 is 12.2 Å². The molecule has 0 amide bonds. The van der Waals surface area contributed by atoms with Crippen LogP contribution in [0.4, 0.5) is 0 Å². The molecule has 6 nitrogen and oxygen atoms in total. The summed E-state index contributed by atoms with van der Waals surface area (Å²) >= 11 is 5.67. The maximum Gasteiger partial charge on any atom is 0.170 e. The van der Waals surface area contributed by atoms with E-state index in [1.807, 2.05) is 48.8 Å². The van der Waals surface area contributed by atoms with Crippen molar-refractivity contribution in [3.63, 3.8) is 0 Å². The summed E-state index contributed by atoms with van der Waals surface area (Å²) < 4.78 is 2.18. The number of rotatable bonds is 6. The minimum atomic E-state index is -0.0555. The zero-order chi connectivity index (χ0) is 20.4. The molecule has 0 radical (unpaired) electrons. The monoisotopic (exact) mass is 407 g/mol. The van der Waals surface area contributed by atoms with Gasteiger partial charge in [0.2, 0.25) is 0 Å². The van der Waals surface area contributed by atoms with Crippen molar-refractivity contribution in [3.05, 3.63) is 77.5 Å². The first-order chi connectivity index (χ1) is 14.1. The van der Waals surface area contributed by atoms with Crippen molar-refractivity contribution in [1.29, 1.82) is 0 Å². The summed E-state index contributed by atoms with van der Waals surface area (Å²) in [5.74, 6) is 0.901. The molecule has 0 saturated carbocycles. The maximum atomic E-state index is 9.39. The molecule has 4 heterocycles. The van der Waals surface area contributed by atoms with E-state index in [4.69, 9.17) is 12.2 Å². The van der Waals surface area contributed by atoms with Crippen LogP contribution < -0.4 is 5.32 Å². The van der Waals surface area contributed by atoms with Crippen LogP contribution in [0.5, 0.6) is 0 Å². The Morgan fingerprint density at radius 2 is 1.86 bits per heavy atom. The average Bonchev–Trinajstić information content (AvgIpc) is 3.23. The van der Waals surface area contributed by atoms with Crippen LogP contribution in [0.15, 0.2) is 54.9 Å². The third-order valence-electron chi connectivity index (χ3n) is 5.42. The van der Waals surface area contributed by atoms with Gasteiger partial charge in [-0.05, 0) is 68.4 Å². The molecule has 1 aliphatic heterocycles. The van der Waals surface area contributed by atoms with Gasteiger partial charge in [0.15, 0.2) is 5.11 Å². The average molecular weight is 408 g/mol. The van der Waals surface area contributed by atoms with E-state index in [1.165, 1.54) is 5.56 Å². The van der Waals surface area contributed by atoms with Crippen LogP contribution in [0, 0.1) is 13.8 Å². The van der Waals surface area contributed by atoms with Crippen LogP contribution in [0.3, 0.4) is 0 Å². The van der Waals surface area contributed by atoms with E-state index in [-0.39, 0.29) is 18.7 Å². The predicted octanol–water partition coefficient (Wildman–Crippen LogP) is 3.24. The minimum absolute atomic E-state index is 0.00684. The Hall–Kier alpha value is -2.77. The number of hydrogen-bond acceptors (Lipinski definition) is 4. The number of aryl methyl sites for hydroxylation is 1. The van der Waals surface area contributed by atoms with Gasteiger partial charge >= 0.3 is 0 Å². The Kier molecular flexibility index (Phi) is 5.60. The number of nitrogens with zero attached hydrogens (tertiary/aromatic N) is 4. The van der Waals surface area contributed by atoms with Gasteiger partial charge in [-0.3, -0.25) is 4.98 Å². The van der Waals surface area contributed by atoms with E-state index in [2.05, 4.69) is 44.7 Å². The highest BCUT2D eigenvalue weighted by Gasteiger charge is 2.41. The first kappa shape index (κ1) is 19.5. The lowest BCUT2D eigenvalue weighted by Crippen LogP contribution is -2.31. The molecule has 1 fully saturated rings. The van der Waals surface area contributed by atoms with Gasteiger partial charge in [-0.1, -0.05) is 12.1 Å². The van der Waals surface area contributed by atoms with Gasteiger partial charge in [-0.25, -0.2) is 4.98 Å². The molecule has 0 bridgehead atoms. The Morgan fingerprint density at radius 1 is 1.10 bits per heavy atom. The summed E-state index contributed by atoms with van der Waals surface area (Å²) in [6.07, 6.45) is 4.28. The lowest BCUT2D eigenvalue weighted by Gasteiger charge is -2.28. The number of aliphatic hydroxyl groups is 1. The number of aliphatic hydroxyl groups excluding tert-OH is 1. The third-order valence-corrected chi connectivity index (χ3v) is 5.77. The molecule has 1 saturated heterocycles. The molecular formula is C22H25N5OS. The quantitative estimate of drug-likeness (QED) is 0.612. The molecule has 2 N–H and O–H groups in total. The first-order valence-corrected chi connectivity index (χ1v) is 10.2. The molecule has 3 aromatic rings. The molecule has 0 aliphatic carbocycles. The summed E-state index contributed by atoms with van der Waals surface area (Å²) in [4.78, 5) is 11.3. The normalized spacial score (nSPS) is 18.9. The zero-order valence-corrected chi connectivity index (χ0v) is 17.4. The van der Waals surface area contributed by atoms with Gasteiger partial charge in [0.05, 0.1) is 17.8 Å². The summed E-state index contributed by atoms with van der Waals surface area (Å²) in [6.45, 7) is 5.04. The zero-order valence-electron chi connectivity index (χ0n) is 16.6. The van der Waals surface area contributed by atoms with Crippen LogP contribution in [-0.4, -0.2) is 42.8 Å². The lowest BCUT2D eigenvalue weighted by molar-refractivity contribution is 0.247. The van der Waals surface area contributed by atoms with E-state index in [0.29, 0.717) is 18.1 Å². The second-order valence-electron chi connectivity index (χ2n) is 7.25. The van der Waals surface area contributed by atoms with Crippen LogP contribution in [0.25, 0.3) is 5.82 Å².